The standard InChI is InChI=1S/C15H15N3O5S2.Na/c1-25(22,23)17-7-4-9-10-11(17)14(19)18(10)12(15(20)21)13(9)24-8-2-5-16-6-3-8;/h2-3,5-6,9-11H,4,7H2,1H3,(H,20,21);/q;+1/p-1/t9?,10-,11+;/m1./s1. The van der Waals surface area contributed by atoms with E-state index in [1.807, 2.05) is 0 Å². The van der Waals surface area contributed by atoms with Gasteiger partial charge in [0.25, 0.3) is 0 Å². The van der Waals surface area contributed by atoms with Crippen LogP contribution in [-0.4, -0.2) is 59.4 Å². The molecule has 132 valence electrons. The second-order valence-electron chi connectivity index (χ2n) is 6.20. The van der Waals surface area contributed by atoms with Crippen molar-refractivity contribution in [1.82, 2.24) is 14.2 Å². The number of sulfonamides is 1. The van der Waals surface area contributed by atoms with E-state index in [0.717, 1.165) is 11.2 Å². The Labute approximate surface area is 177 Å². The average molecular weight is 403 g/mol. The number of aromatic nitrogens is 1. The first kappa shape index (κ1) is 19.8. The Morgan fingerprint density at radius 3 is 2.58 bits per heavy atom. The van der Waals surface area contributed by atoms with Gasteiger partial charge in [-0.15, -0.1) is 0 Å². The first-order valence-electron chi connectivity index (χ1n) is 7.64. The summed E-state index contributed by atoms with van der Waals surface area (Å²) in [5, 5.41) is 11.7. The molecule has 8 nitrogen and oxygen atoms in total. The summed E-state index contributed by atoms with van der Waals surface area (Å²) in [5.41, 5.74) is -0.131. The fourth-order valence-electron chi connectivity index (χ4n) is 3.83. The molecule has 4 rings (SSSR count). The summed E-state index contributed by atoms with van der Waals surface area (Å²) in [4.78, 5) is 30.7. The number of carboxylic acids is 1. The molecule has 0 radical (unpaired) electrons. The third-order valence-electron chi connectivity index (χ3n) is 4.80. The summed E-state index contributed by atoms with van der Waals surface area (Å²) in [7, 11) is -3.53. The Morgan fingerprint density at radius 1 is 1.35 bits per heavy atom. The molecular weight excluding hydrogens is 389 g/mol. The van der Waals surface area contributed by atoms with Crippen LogP contribution in [0.3, 0.4) is 0 Å². The number of hydrogen-bond acceptors (Lipinski definition) is 7. The molecule has 1 amide bonds. The summed E-state index contributed by atoms with van der Waals surface area (Å²) in [5.74, 6) is -2.11. The van der Waals surface area contributed by atoms with E-state index in [1.54, 1.807) is 24.5 Å². The van der Waals surface area contributed by atoms with E-state index in [0.29, 0.717) is 11.3 Å². The predicted octanol–water partition coefficient (Wildman–Crippen LogP) is -3.99. The molecule has 3 aliphatic heterocycles. The van der Waals surface area contributed by atoms with Gasteiger partial charge in [-0.1, -0.05) is 11.8 Å². The predicted molar refractivity (Wildman–Crippen MR) is 86.2 cm³/mol. The molecule has 1 unspecified atom stereocenters. The molecular formula is C15H14N3NaO5S2. The first-order chi connectivity index (χ1) is 11.8. The number of pyridine rings is 1. The summed E-state index contributed by atoms with van der Waals surface area (Å²) < 4.78 is 25.1. The molecule has 0 N–H and O–H groups in total. The van der Waals surface area contributed by atoms with Gasteiger partial charge >= 0.3 is 29.6 Å². The number of rotatable bonds is 4. The van der Waals surface area contributed by atoms with E-state index in [9.17, 15) is 23.1 Å². The summed E-state index contributed by atoms with van der Waals surface area (Å²) in [6.07, 6.45) is 4.73. The number of amides is 1. The average Bonchev–Trinajstić information content (AvgIpc) is 2.87. The number of piperidine rings is 1. The van der Waals surface area contributed by atoms with Gasteiger partial charge in [0.1, 0.15) is 6.04 Å². The van der Waals surface area contributed by atoms with Crippen molar-refractivity contribution in [3.8, 4) is 0 Å². The molecule has 1 aromatic heterocycles. The monoisotopic (exact) mass is 403 g/mol. The van der Waals surface area contributed by atoms with Crippen LogP contribution < -0.4 is 34.7 Å². The van der Waals surface area contributed by atoms with Gasteiger partial charge in [0.2, 0.25) is 15.9 Å². The van der Waals surface area contributed by atoms with Crippen LogP contribution in [0.4, 0.5) is 0 Å². The van der Waals surface area contributed by atoms with Crippen LogP contribution in [0.15, 0.2) is 40.0 Å². The molecule has 3 aliphatic rings. The number of carbonyl (C=O) groups is 2. The Kier molecular flexibility index (Phi) is 5.28. The van der Waals surface area contributed by atoms with Crippen molar-refractivity contribution in [1.29, 1.82) is 0 Å². The number of hydrogen-bond donors (Lipinski definition) is 0. The molecule has 26 heavy (non-hydrogen) atoms. The molecule has 2 saturated heterocycles. The third kappa shape index (κ3) is 2.92. The van der Waals surface area contributed by atoms with Crippen molar-refractivity contribution in [3.63, 3.8) is 0 Å². The molecule has 0 aromatic carbocycles. The van der Waals surface area contributed by atoms with Crippen molar-refractivity contribution in [2.45, 2.75) is 23.4 Å². The first-order valence-corrected chi connectivity index (χ1v) is 10.3. The SMILES string of the molecule is CS(=O)(=O)N1CCC2C(Sc3ccncc3)=C(C(=O)[O-])N3C(=O)[C@@H]1[C@@H]23.[Na+]. The van der Waals surface area contributed by atoms with Gasteiger partial charge in [-0.25, -0.2) is 8.42 Å². The summed E-state index contributed by atoms with van der Waals surface area (Å²) in [6.45, 7) is 0.199. The third-order valence-corrected chi connectivity index (χ3v) is 7.29. The Balaban J connectivity index is 0.00000196. The van der Waals surface area contributed by atoms with E-state index in [-0.39, 0.29) is 47.7 Å². The van der Waals surface area contributed by atoms with E-state index in [2.05, 4.69) is 4.98 Å². The van der Waals surface area contributed by atoms with Crippen molar-refractivity contribution in [3.05, 3.63) is 35.1 Å². The maximum Gasteiger partial charge on any atom is 1.00 e. The van der Waals surface area contributed by atoms with Crippen molar-refractivity contribution >= 4 is 33.7 Å². The van der Waals surface area contributed by atoms with Crippen LogP contribution in [0.2, 0.25) is 0 Å². The van der Waals surface area contributed by atoms with Crippen molar-refractivity contribution in [2.24, 2.45) is 5.92 Å². The number of carbonyl (C=O) groups excluding carboxylic acids is 2. The number of carboxylic acid groups (broad SMARTS) is 1. The number of aliphatic carboxylic acids is 1. The van der Waals surface area contributed by atoms with Crippen LogP contribution in [0.1, 0.15) is 6.42 Å². The quantitative estimate of drug-likeness (QED) is 0.372. The minimum Gasteiger partial charge on any atom is -0.543 e. The van der Waals surface area contributed by atoms with Gasteiger partial charge < -0.3 is 14.8 Å². The fraction of sp³-hybridized carbons (Fsp3) is 0.400. The molecule has 0 spiro atoms. The van der Waals surface area contributed by atoms with Crippen LogP contribution >= 0.6 is 11.8 Å². The van der Waals surface area contributed by atoms with Gasteiger partial charge in [-0.05, 0) is 18.6 Å². The zero-order valence-electron chi connectivity index (χ0n) is 14.2. The van der Waals surface area contributed by atoms with Crippen molar-refractivity contribution in [2.75, 3.05) is 12.8 Å². The number of β-lactam (4-membered cyclic amide) rings is 1. The summed E-state index contributed by atoms with van der Waals surface area (Å²) >= 11 is 1.27. The smallest absolute Gasteiger partial charge is 0.543 e. The van der Waals surface area contributed by atoms with Gasteiger partial charge in [0, 0.05) is 34.7 Å². The molecule has 4 heterocycles. The van der Waals surface area contributed by atoms with E-state index in [1.165, 1.54) is 21.0 Å². The molecule has 0 bridgehead atoms. The number of nitrogens with zero attached hydrogens (tertiary/aromatic N) is 3. The van der Waals surface area contributed by atoms with Crippen LogP contribution in [0.25, 0.3) is 0 Å². The van der Waals surface area contributed by atoms with E-state index in [4.69, 9.17) is 0 Å². The number of thioether (sulfide) groups is 1. The Hall–Kier alpha value is -0.910. The maximum atomic E-state index is 12.5. The second kappa shape index (κ2) is 6.92. The topological polar surface area (TPSA) is 111 Å². The zero-order chi connectivity index (χ0) is 17.9. The Morgan fingerprint density at radius 2 is 2.00 bits per heavy atom. The zero-order valence-corrected chi connectivity index (χ0v) is 17.8. The molecule has 11 heteroatoms. The minimum atomic E-state index is -3.53. The maximum absolute atomic E-state index is 12.5. The molecule has 0 aliphatic carbocycles. The fourth-order valence-corrected chi connectivity index (χ4v) is 6.10. The van der Waals surface area contributed by atoms with Crippen LogP contribution in [-0.2, 0) is 19.6 Å². The second-order valence-corrected chi connectivity index (χ2v) is 9.25. The molecule has 0 saturated carbocycles. The minimum absolute atomic E-state index is 0. The normalized spacial score (nSPS) is 27.7. The molecule has 1 aromatic rings. The van der Waals surface area contributed by atoms with E-state index >= 15 is 0 Å². The van der Waals surface area contributed by atoms with Gasteiger partial charge in [-0.3, -0.25) is 9.78 Å². The van der Waals surface area contributed by atoms with Gasteiger partial charge in [-0.2, -0.15) is 4.31 Å². The van der Waals surface area contributed by atoms with Crippen molar-refractivity contribution < 1.29 is 52.7 Å². The summed E-state index contributed by atoms with van der Waals surface area (Å²) in [6, 6.07) is 2.22. The largest absolute Gasteiger partial charge is 1.00 e. The van der Waals surface area contributed by atoms with Crippen LogP contribution in [0, 0.1) is 5.92 Å². The van der Waals surface area contributed by atoms with Gasteiger partial charge in [0.05, 0.1) is 24.0 Å². The molecule has 3 atom stereocenters. The van der Waals surface area contributed by atoms with Gasteiger partial charge in [0.15, 0.2) is 0 Å². The van der Waals surface area contributed by atoms with E-state index < -0.39 is 34.0 Å². The van der Waals surface area contributed by atoms with Crippen LogP contribution in [0.5, 0.6) is 0 Å². The molecule has 2 fully saturated rings. The Bertz CT molecular complexity index is 905.